The maximum absolute atomic E-state index is 14.0. The number of hydrogen-bond donors (Lipinski definition) is 1. The van der Waals surface area contributed by atoms with Crippen LogP contribution in [0.3, 0.4) is 0 Å². The number of para-hydroxylation sites is 1. The third-order valence-electron chi connectivity index (χ3n) is 5.85. The molecule has 0 saturated carbocycles. The smallest absolute Gasteiger partial charge is 0.296 e. The molecule has 2 aliphatic heterocycles. The third-order valence-corrected chi connectivity index (χ3v) is 5.85. The number of nitrogens with zero attached hydrogens (tertiary/aromatic N) is 6. The van der Waals surface area contributed by atoms with E-state index in [9.17, 15) is 13.9 Å². The zero-order valence-electron chi connectivity index (χ0n) is 18.5. The number of ether oxygens (including phenoxy) is 2. The van der Waals surface area contributed by atoms with Crippen molar-refractivity contribution in [3.05, 3.63) is 30.1 Å². The fraction of sp³-hybridized carbons (Fsp3) is 0.500. The van der Waals surface area contributed by atoms with Gasteiger partial charge in [0.05, 0.1) is 30.9 Å². The van der Waals surface area contributed by atoms with Crippen LogP contribution in [0.4, 0.5) is 20.4 Å². The molecule has 4 heterocycles. The average Bonchev–Trinajstić information content (AvgIpc) is 3.20. The van der Waals surface area contributed by atoms with Crippen LogP contribution in [-0.4, -0.2) is 76.2 Å². The molecule has 2 fully saturated rings. The third kappa shape index (κ3) is 4.18. The zero-order chi connectivity index (χ0) is 23.1. The maximum Gasteiger partial charge on any atom is 0.296 e. The van der Waals surface area contributed by atoms with Crippen molar-refractivity contribution in [1.29, 1.82) is 0 Å². The first kappa shape index (κ1) is 21.8. The van der Waals surface area contributed by atoms with E-state index in [1.54, 1.807) is 12.1 Å². The van der Waals surface area contributed by atoms with Gasteiger partial charge in [-0.2, -0.15) is 9.97 Å². The number of imidazole rings is 1. The predicted molar refractivity (Wildman–Crippen MR) is 119 cm³/mol. The van der Waals surface area contributed by atoms with Crippen LogP contribution < -0.4 is 9.80 Å². The lowest BCUT2D eigenvalue weighted by Crippen LogP contribution is -2.46. The van der Waals surface area contributed by atoms with Gasteiger partial charge in [0.15, 0.2) is 5.82 Å². The Hall–Kier alpha value is -3.05. The molecule has 1 N–H and O–H groups in total. The lowest BCUT2D eigenvalue weighted by atomic mass is 10.2. The van der Waals surface area contributed by atoms with E-state index in [0.29, 0.717) is 56.5 Å². The molecule has 1 aromatic carbocycles. The van der Waals surface area contributed by atoms with E-state index in [1.807, 2.05) is 19.9 Å². The second-order valence-corrected chi connectivity index (χ2v) is 8.40. The van der Waals surface area contributed by atoms with Gasteiger partial charge in [-0.15, -0.1) is 0 Å². The first-order chi connectivity index (χ1) is 15.9. The van der Waals surface area contributed by atoms with E-state index in [1.165, 1.54) is 10.6 Å². The van der Waals surface area contributed by atoms with Gasteiger partial charge in [-0.25, -0.2) is 13.8 Å². The topological polar surface area (TPSA) is 88.8 Å². The number of morpholine rings is 2. The molecule has 0 amide bonds. The molecule has 0 radical (unpaired) electrons. The summed E-state index contributed by atoms with van der Waals surface area (Å²) >= 11 is 0. The summed E-state index contributed by atoms with van der Waals surface area (Å²) in [6, 6.07) is 6.51. The van der Waals surface area contributed by atoms with Crippen LogP contribution in [0.1, 0.15) is 26.1 Å². The van der Waals surface area contributed by atoms with Crippen molar-refractivity contribution in [1.82, 2.24) is 19.5 Å². The minimum Gasteiger partial charge on any atom is -0.506 e. The highest BCUT2D eigenvalue weighted by Crippen LogP contribution is 2.33. The Kier molecular flexibility index (Phi) is 5.75. The Labute approximate surface area is 189 Å². The van der Waals surface area contributed by atoms with Gasteiger partial charge in [0.1, 0.15) is 22.9 Å². The molecule has 2 atom stereocenters. The molecule has 2 saturated heterocycles. The number of aromatic nitrogens is 4. The van der Waals surface area contributed by atoms with E-state index < -0.39 is 12.2 Å². The lowest BCUT2D eigenvalue weighted by Gasteiger charge is -2.37. The number of phenolic OH excluding ortho intramolecular Hbond substituents is 1. The summed E-state index contributed by atoms with van der Waals surface area (Å²) in [6.07, 6.45) is -2.87. The minimum atomic E-state index is -2.88. The van der Waals surface area contributed by atoms with Gasteiger partial charge in [-0.1, -0.05) is 6.07 Å². The van der Waals surface area contributed by atoms with Crippen LogP contribution in [-0.2, 0) is 9.47 Å². The molecule has 11 heteroatoms. The molecular weight excluding hydrogens is 434 g/mol. The molecule has 3 aromatic rings. The molecule has 2 unspecified atom stereocenters. The predicted octanol–water partition coefficient (Wildman–Crippen LogP) is 2.91. The standard InChI is InChI=1S/C22H26F2N6O3/c1-13-11-29(12-14(2)33-13)18-10-17(28-6-8-32-9-7-28)25-22(26-18)30-15-4-3-5-16(31)19(15)27-21(30)20(23)24/h3-5,10,13-14,20,31H,6-9,11-12H2,1-2H3. The summed E-state index contributed by atoms with van der Waals surface area (Å²) in [5.74, 6) is 0.663. The Morgan fingerprint density at radius 3 is 2.33 bits per heavy atom. The van der Waals surface area contributed by atoms with Crippen LogP contribution in [0.5, 0.6) is 5.75 Å². The fourth-order valence-electron chi connectivity index (χ4n) is 4.45. The van der Waals surface area contributed by atoms with Crippen LogP contribution in [0.2, 0.25) is 0 Å². The Morgan fingerprint density at radius 2 is 1.67 bits per heavy atom. The molecule has 2 aromatic heterocycles. The van der Waals surface area contributed by atoms with Crippen molar-refractivity contribution < 1.29 is 23.4 Å². The molecule has 9 nitrogen and oxygen atoms in total. The number of rotatable bonds is 4. The first-order valence-electron chi connectivity index (χ1n) is 11.0. The molecule has 176 valence electrons. The van der Waals surface area contributed by atoms with Gasteiger partial charge in [-0.3, -0.25) is 4.57 Å². The molecule has 5 rings (SSSR count). The number of alkyl halides is 2. The first-order valence-corrected chi connectivity index (χ1v) is 11.0. The Balaban J connectivity index is 1.69. The number of aromatic hydroxyl groups is 1. The van der Waals surface area contributed by atoms with Crippen LogP contribution in [0, 0.1) is 0 Å². The monoisotopic (exact) mass is 460 g/mol. The molecular formula is C22H26F2N6O3. The second kappa shape index (κ2) is 8.71. The quantitative estimate of drug-likeness (QED) is 0.636. The van der Waals surface area contributed by atoms with Crippen molar-refractivity contribution in [2.75, 3.05) is 49.2 Å². The van der Waals surface area contributed by atoms with Crippen LogP contribution >= 0.6 is 0 Å². The Bertz CT molecular complexity index is 1140. The van der Waals surface area contributed by atoms with Crippen molar-refractivity contribution >= 4 is 22.7 Å². The molecule has 0 aliphatic carbocycles. The summed E-state index contributed by atoms with van der Waals surface area (Å²) in [6.45, 7) is 7.63. The minimum absolute atomic E-state index is 0.00153. The number of hydrogen-bond acceptors (Lipinski definition) is 8. The number of halogens is 2. The normalized spacial score (nSPS) is 21.8. The van der Waals surface area contributed by atoms with E-state index >= 15 is 0 Å². The van der Waals surface area contributed by atoms with Crippen molar-refractivity contribution in [2.24, 2.45) is 0 Å². The van der Waals surface area contributed by atoms with E-state index in [4.69, 9.17) is 14.5 Å². The Morgan fingerprint density at radius 1 is 1.00 bits per heavy atom. The van der Waals surface area contributed by atoms with Gasteiger partial charge in [0.25, 0.3) is 6.43 Å². The van der Waals surface area contributed by atoms with Crippen molar-refractivity contribution in [3.63, 3.8) is 0 Å². The summed E-state index contributed by atoms with van der Waals surface area (Å²) in [5, 5.41) is 10.2. The highest BCUT2D eigenvalue weighted by Gasteiger charge is 2.28. The van der Waals surface area contributed by atoms with Gasteiger partial charge in [-0.05, 0) is 26.0 Å². The molecule has 0 bridgehead atoms. The van der Waals surface area contributed by atoms with Crippen LogP contribution in [0.25, 0.3) is 17.0 Å². The largest absolute Gasteiger partial charge is 0.506 e. The number of fused-ring (bicyclic) bond motifs is 1. The molecule has 2 aliphatic rings. The number of anilines is 2. The van der Waals surface area contributed by atoms with Gasteiger partial charge < -0.3 is 24.4 Å². The molecule has 0 spiro atoms. The van der Waals surface area contributed by atoms with E-state index in [2.05, 4.69) is 19.8 Å². The highest BCUT2D eigenvalue weighted by molar-refractivity contribution is 5.83. The van der Waals surface area contributed by atoms with Crippen molar-refractivity contribution in [2.45, 2.75) is 32.5 Å². The average molecular weight is 460 g/mol. The maximum atomic E-state index is 14.0. The van der Waals surface area contributed by atoms with Crippen LogP contribution in [0.15, 0.2) is 24.3 Å². The van der Waals surface area contributed by atoms with E-state index in [-0.39, 0.29) is 29.4 Å². The summed E-state index contributed by atoms with van der Waals surface area (Å²) in [5.41, 5.74) is 0.405. The summed E-state index contributed by atoms with van der Waals surface area (Å²) in [4.78, 5) is 17.5. The van der Waals surface area contributed by atoms with Gasteiger partial charge in [0, 0.05) is 32.2 Å². The highest BCUT2D eigenvalue weighted by atomic mass is 19.3. The number of phenols is 1. The summed E-state index contributed by atoms with van der Waals surface area (Å²) < 4.78 is 40.6. The van der Waals surface area contributed by atoms with Crippen molar-refractivity contribution in [3.8, 4) is 11.7 Å². The van der Waals surface area contributed by atoms with Gasteiger partial charge in [0.2, 0.25) is 5.95 Å². The summed E-state index contributed by atoms with van der Waals surface area (Å²) in [7, 11) is 0. The number of benzene rings is 1. The second-order valence-electron chi connectivity index (χ2n) is 8.40. The SMILES string of the molecule is CC1CN(c2cc(N3CCOCC3)nc(-n3c(C(F)F)nc4c(O)cccc43)n2)CC(C)O1. The fourth-order valence-corrected chi connectivity index (χ4v) is 4.45. The zero-order valence-corrected chi connectivity index (χ0v) is 18.5. The van der Waals surface area contributed by atoms with Gasteiger partial charge >= 0.3 is 0 Å². The molecule has 33 heavy (non-hydrogen) atoms. The lowest BCUT2D eigenvalue weighted by molar-refractivity contribution is -0.00546. The van der Waals surface area contributed by atoms with E-state index in [0.717, 1.165) is 0 Å².